The third-order valence-corrected chi connectivity index (χ3v) is 4.11. The van der Waals surface area contributed by atoms with Crippen LogP contribution in [0, 0.1) is 0 Å². The number of thioether (sulfide) groups is 1. The molecule has 3 rings (SSSR count). The predicted octanol–water partition coefficient (Wildman–Crippen LogP) is 2.37. The number of carbonyl (C=O) groups is 1. The summed E-state index contributed by atoms with van der Waals surface area (Å²) >= 11 is 6.20. The molecular weight excluding hydrogens is 268 g/mol. The Morgan fingerprint density at radius 2 is 2.17 bits per heavy atom. The lowest BCUT2D eigenvalue weighted by molar-refractivity contribution is -0.115. The Hall–Kier alpha value is -1.27. The van der Waals surface area contributed by atoms with Crippen LogP contribution in [0.4, 0.5) is 5.88 Å². The van der Waals surface area contributed by atoms with Crippen molar-refractivity contribution in [2.45, 2.75) is 12.8 Å². The number of carbonyl (C=O) groups excluding carboxylic acids is 1. The fourth-order valence-corrected chi connectivity index (χ4v) is 3.10. The smallest absolute Gasteiger partial charge is 0.263 e. The first kappa shape index (κ1) is 11.8. The molecule has 1 aromatic rings. The third-order valence-electron chi connectivity index (χ3n) is 2.95. The molecule has 0 aliphatic carbocycles. The Morgan fingerprint density at radius 1 is 1.39 bits per heavy atom. The minimum absolute atomic E-state index is 0.149. The minimum atomic E-state index is -0.149. The van der Waals surface area contributed by atoms with Gasteiger partial charge in [-0.25, -0.2) is 0 Å². The lowest BCUT2D eigenvalue weighted by Gasteiger charge is -2.12. The predicted molar refractivity (Wildman–Crippen MR) is 76.5 cm³/mol. The number of thiocarbonyl (C=S) groups is 1. The molecule has 0 saturated carbocycles. The van der Waals surface area contributed by atoms with Gasteiger partial charge in [-0.2, -0.15) is 0 Å². The fourth-order valence-electron chi connectivity index (χ4n) is 2.08. The summed E-state index contributed by atoms with van der Waals surface area (Å²) in [6.45, 7) is 2.09. The summed E-state index contributed by atoms with van der Waals surface area (Å²) in [6, 6.07) is 3.84. The van der Waals surface area contributed by atoms with Crippen LogP contribution in [0.2, 0.25) is 0 Å². The van der Waals surface area contributed by atoms with Gasteiger partial charge >= 0.3 is 0 Å². The lowest BCUT2D eigenvalue weighted by Crippen LogP contribution is -2.17. The Kier molecular flexibility index (Phi) is 3.13. The molecule has 0 radical (unpaired) electrons. The standard InChI is InChI=1S/C12H12N2O2S2/c15-11-9(18-12(17)13-11)7-8-3-4-10(16-8)14-5-1-2-6-14/h3-4,7H,1-2,5-6H2,(H,13,15,17)/b9-7+. The molecule has 2 aliphatic heterocycles. The molecule has 6 heteroatoms. The van der Waals surface area contributed by atoms with Gasteiger partial charge in [-0.1, -0.05) is 24.0 Å². The average Bonchev–Trinajstić information content (AvgIpc) is 3.02. The summed E-state index contributed by atoms with van der Waals surface area (Å²) in [5.41, 5.74) is 0. The summed E-state index contributed by atoms with van der Waals surface area (Å²) in [5.74, 6) is 1.42. The van der Waals surface area contributed by atoms with Gasteiger partial charge in [0.2, 0.25) is 0 Å². The Bertz CT molecular complexity index is 530. The van der Waals surface area contributed by atoms with Crippen molar-refractivity contribution in [3.63, 3.8) is 0 Å². The Morgan fingerprint density at radius 3 is 2.83 bits per heavy atom. The summed E-state index contributed by atoms with van der Waals surface area (Å²) in [7, 11) is 0. The molecule has 94 valence electrons. The first-order valence-electron chi connectivity index (χ1n) is 5.82. The van der Waals surface area contributed by atoms with E-state index in [0.717, 1.165) is 19.0 Å². The maximum absolute atomic E-state index is 11.5. The molecule has 0 atom stereocenters. The Labute approximate surface area is 114 Å². The number of nitrogens with zero attached hydrogens (tertiary/aromatic N) is 1. The van der Waals surface area contributed by atoms with Gasteiger partial charge in [0.05, 0.1) is 4.91 Å². The number of amides is 1. The van der Waals surface area contributed by atoms with Crippen LogP contribution >= 0.6 is 24.0 Å². The molecule has 1 aromatic heterocycles. The highest BCUT2D eigenvalue weighted by Gasteiger charge is 2.23. The zero-order valence-corrected chi connectivity index (χ0v) is 11.3. The quantitative estimate of drug-likeness (QED) is 0.665. The van der Waals surface area contributed by atoms with Crippen LogP contribution in [0.25, 0.3) is 6.08 Å². The van der Waals surface area contributed by atoms with E-state index in [2.05, 4.69) is 10.2 Å². The van der Waals surface area contributed by atoms with E-state index in [0.29, 0.717) is 15.0 Å². The molecule has 2 fully saturated rings. The van der Waals surface area contributed by atoms with Gasteiger partial charge in [0.15, 0.2) is 5.88 Å². The van der Waals surface area contributed by atoms with Crippen LogP contribution in [0.5, 0.6) is 0 Å². The third kappa shape index (κ3) is 2.30. The van der Waals surface area contributed by atoms with Crippen molar-refractivity contribution in [1.29, 1.82) is 0 Å². The maximum Gasteiger partial charge on any atom is 0.263 e. The van der Waals surface area contributed by atoms with Gasteiger partial charge in [-0.3, -0.25) is 4.79 Å². The second kappa shape index (κ2) is 4.78. The maximum atomic E-state index is 11.5. The topological polar surface area (TPSA) is 45.5 Å². The number of nitrogens with one attached hydrogen (secondary N) is 1. The summed E-state index contributed by atoms with van der Waals surface area (Å²) < 4.78 is 6.22. The molecular formula is C12H12N2O2S2. The summed E-state index contributed by atoms with van der Waals surface area (Å²) in [5, 5.41) is 2.58. The van der Waals surface area contributed by atoms with E-state index in [1.807, 2.05) is 12.1 Å². The van der Waals surface area contributed by atoms with Crippen LogP contribution in [0.15, 0.2) is 21.5 Å². The molecule has 0 spiro atoms. The zero-order valence-electron chi connectivity index (χ0n) is 9.64. The van der Waals surface area contributed by atoms with Crippen LogP contribution in [0.1, 0.15) is 18.6 Å². The summed E-state index contributed by atoms with van der Waals surface area (Å²) in [4.78, 5) is 14.3. The molecule has 18 heavy (non-hydrogen) atoms. The van der Waals surface area contributed by atoms with Gasteiger partial charge in [0.1, 0.15) is 10.1 Å². The van der Waals surface area contributed by atoms with Gasteiger partial charge in [0.25, 0.3) is 5.91 Å². The van der Waals surface area contributed by atoms with Crippen LogP contribution in [-0.4, -0.2) is 23.3 Å². The second-order valence-electron chi connectivity index (χ2n) is 4.22. The molecule has 2 saturated heterocycles. The van der Waals surface area contributed by atoms with E-state index < -0.39 is 0 Å². The molecule has 0 aromatic carbocycles. The molecule has 2 aliphatic rings. The van der Waals surface area contributed by atoms with Crippen molar-refractivity contribution in [3.8, 4) is 0 Å². The average molecular weight is 280 g/mol. The number of hydrogen-bond acceptors (Lipinski definition) is 5. The van der Waals surface area contributed by atoms with Gasteiger partial charge < -0.3 is 14.6 Å². The van der Waals surface area contributed by atoms with Crippen LogP contribution in [0.3, 0.4) is 0 Å². The first-order valence-corrected chi connectivity index (χ1v) is 7.04. The van der Waals surface area contributed by atoms with Crippen molar-refractivity contribution in [2.24, 2.45) is 0 Å². The molecule has 0 unspecified atom stereocenters. The van der Waals surface area contributed by atoms with Gasteiger partial charge in [-0.15, -0.1) is 0 Å². The van der Waals surface area contributed by atoms with Crippen molar-refractivity contribution >= 4 is 46.2 Å². The number of anilines is 1. The molecule has 0 bridgehead atoms. The SMILES string of the molecule is O=C1NC(=S)S/C1=C/c1ccc(N2CCCC2)o1. The molecule has 3 heterocycles. The van der Waals surface area contributed by atoms with Crippen LogP contribution in [-0.2, 0) is 4.79 Å². The summed E-state index contributed by atoms with van der Waals surface area (Å²) in [6.07, 6.45) is 4.16. The van der Waals surface area contributed by atoms with Crippen molar-refractivity contribution in [3.05, 3.63) is 22.8 Å². The number of rotatable bonds is 2. The first-order chi connectivity index (χ1) is 8.72. The van der Waals surface area contributed by atoms with E-state index in [4.69, 9.17) is 16.6 Å². The van der Waals surface area contributed by atoms with Crippen molar-refractivity contribution in [1.82, 2.24) is 5.32 Å². The lowest BCUT2D eigenvalue weighted by atomic mass is 10.4. The molecule has 1 amide bonds. The van der Waals surface area contributed by atoms with Gasteiger partial charge in [0, 0.05) is 25.2 Å². The number of furan rings is 1. The van der Waals surface area contributed by atoms with E-state index >= 15 is 0 Å². The molecule has 1 N–H and O–H groups in total. The second-order valence-corrected chi connectivity index (χ2v) is 5.94. The van der Waals surface area contributed by atoms with Crippen molar-refractivity contribution in [2.75, 3.05) is 18.0 Å². The van der Waals surface area contributed by atoms with E-state index in [9.17, 15) is 4.79 Å². The zero-order chi connectivity index (χ0) is 12.5. The largest absolute Gasteiger partial charge is 0.441 e. The number of hydrogen-bond donors (Lipinski definition) is 1. The highest BCUT2D eigenvalue weighted by Crippen LogP contribution is 2.28. The van der Waals surface area contributed by atoms with Crippen LogP contribution < -0.4 is 10.2 Å². The van der Waals surface area contributed by atoms with E-state index in [1.54, 1.807) is 6.08 Å². The minimum Gasteiger partial charge on any atom is -0.441 e. The monoisotopic (exact) mass is 280 g/mol. The fraction of sp³-hybridized carbons (Fsp3) is 0.333. The Balaban J connectivity index is 1.79. The van der Waals surface area contributed by atoms with E-state index in [1.165, 1.54) is 24.6 Å². The normalized spacial score (nSPS) is 22.0. The highest BCUT2D eigenvalue weighted by atomic mass is 32.2. The van der Waals surface area contributed by atoms with Crippen molar-refractivity contribution < 1.29 is 9.21 Å². The van der Waals surface area contributed by atoms with E-state index in [-0.39, 0.29) is 5.91 Å². The highest BCUT2D eigenvalue weighted by molar-refractivity contribution is 8.26. The molecule has 4 nitrogen and oxygen atoms in total. The van der Waals surface area contributed by atoms with Gasteiger partial charge in [-0.05, 0) is 18.9 Å².